The van der Waals surface area contributed by atoms with Crippen LogP contribution < -0.4 is 9.64 Å². The number of benzene rings is 2. The van der Waals surface area contributed by atoms with Crippen LogP contribution in [0.3, 0.4) is 0 Å². The minimum atomic E-state index is -0.487. The molecule has 3 aliphatic rings. The van der Waals surface area contributed by atoms with Crippen LogP contribution >= 0.6 is 0 Å². The number of carbonyl (C=O) groups excluding carboxylic acids is 3. The van der Waals surface area contributed by atoms with Crippen LogP contribution in [0.1, 0.15) is 38.4 Å². The Morgan fingerprint density at radius 2 is 1.60 bits per heavy atom. The molecule has 43 heavy (non-hydrogen) atoms. The molecule has 0 bridgehead atoms. The summed E-state index contributed by atoms with van der Waals surface area (Å²) in [6, 6.07) is 12.4. The zero-order valence-electron chi connectivity index (χ0n) is 23.6. The summed E-state index contributed by atoms with van der Waals surface area (Å²) in [5.41, 5.74) is 3.32. The van der Waals surface area contributed by atoms with Crippen molar-refractivity contribution in [2.75, 3.05) is 11.4 Å². The molecule has 2 aliphatic carbocycles. The molecule has 0 saturated heterocycles. The molecule has 2 saturated carbocycles. The number of anilines is 1. The monoisotopic (exact) mass is 614 g/mol. The van der Waals surface area contributed by atoms with Crippen molar-refractivity contribution in [1.82, 2.24) is 15.0 Å². The maximum atomic E-state index is 12.4. The number of nitrogens with zero attached hydrogens (tertiary/aromatic N) is 4. The van der Waals surface area contributed by atoms with Gasteiger partial charge in [0, 0.05) is 24.6 Å². The van der Waals surface area contributed by atoms with E-state index in [1.54, 1.807) is 53.4 Å². The second-order valence-corrected chi connectivity index (χ2v) is 9.82. The molecule has 1 aromatic heterocycles. The first kappa shape index (κ1) is 32.4. The number of hydrogen-bond acceptors (Lipinski definition) is 6. The molecular weight excluding hydrogens is 584 g/mol. The van der Waals surface area contributed by atoms with Gasteiger partial charge in [0.1, 0.15) is 18.1 Å². The summed E-state index contributed by atoms with van der Waals surface area (Å²) in [7, 11) is 0. The van der Waals surface area contributed by atoms with Gasteiger partial charge in [-0.3, -0.25) is 19.1 Å². The van der Waals surface area contributed by atoms with E-state index in [0.29, 0.717) is 47.8 Å². The van der Waals surface area contributed by atoms with Gasteiger partial charge in [0.05, 0.1) is 17.4 Å². The molecule has 1 amide bonds. The maximum absolute atomic E-state index is 12.4. The van der Waals surface area contributed by atoms with E-state index in [-0.39, 0.29) is 29.5 Å². The van der Waals surface area contributed by atoms with E-state index < -0.39 is 11.7 Å². The number of allylic oxidation sites excluding steroid dienone is 2. The number of rotatable bonds is 10. The fourth-order valence-corrected chi connectivity index (χ4v) is 4.50. The van der Waals surface area contributed by atoms with Gasteiger partial charge < -0.3 is 9.64 Å². The summed E-state index contributed by atoms with van der Waals surface area (Å²) in [5.74, 6) is 0.595. The van der Waals surface area contributed by atoms with E-state index in [0.717, 1.165) is 11.5 Å². The molecule has 6 rings (SSSR count). The number of Topliss-reactive ketones (excluding diaryl/α,β-unsaturated/α-hetero) is 1. The van der Waals surface area contributed by atoms with Crippen LogP contribution in [-0.2, 0) is 35.0 Å². The third-order valence-corrected chi connectivity index (χ3v) is 6.68. The molecule has 0 N–H and O–H groups in total. The Hall–Kier alpha value is -3.55. The van der Waals surface area contributed by atoms with Gasteiger partial charge in [0.25, 0.3) is 11.7 Å². The Bertz CT molecular complexity index is 1410. The fourth-order valence-electron chi connectivity index (χ4n) is 4.50. The van der Waals surface area contributed by atoms with Gasteiger partial charge in [0.2, 0.25) is 0 Å². The average Bonchev–Trinajstić information content (AvgIpc) is 3.83. The molecule has 2 fully saturated rings. The van der Waals surface area contributed by atoms with E-state index >= 15 is 0 Å². The van der Waals surface area contributed by atoms with Crippen LogP contribution in [-0.4, -0.2) is 39.0 Å². The number of ketones is 2. The van der Waals surface area contributed by atoms with Crippen molar-refractivity contribution in [1.29, 1.82) is 0 Å². The Morgan fingerprint density at radius 3 is 2.30 bits per heavy atom. The SMILES string of the molecule is Cc1ccc2c(c1)C(=O)C(=O)N2CCCn1cc(COc2ccc(C(=O)/C=C/[C]3[CH][CH][CH][CH]3)cc2)nn1.[CH]1[CH][CH][CH][CH]1.[Fe+2]. The molecule has 1 aliphatic heterocycles. The summed E-state index contributed by atoms with van der Waals surface area (Å²) >= 11 is 0. The summed E-state index contributed by atoms with van der Waals surface area (Å²) in [5, 5.41) is 8.26. The smallest absolute Gasteiger partial charge is 0.487 e. The predicted molar refractivity (Wildman–Crippen MR) is 159 cm³/mol. The van der Waals surface area contributed by atoms with Crippen molar-refractivity contribution in [2.45, 2.75) is 26.5 Å². The predicted octanol–water partition coefficient (Wildman–Crippen LogP) is 4.95. The zero-order chi connectivity index (χ0) is 29.3. The first-order valence-electron chi connectivity index (χ1n) is 13.7. The van der Waals surface area contributed by atoms with Crippen molar-refractivity contribution >= 4 is 23.2 Å². The van der Waals surface area contributed by atoms with E-state index in [1.807, 2.05) is 76.8 Å². The molecule has 3 aromatic rings. The molecule has 0 spiro atoms. The molecular formula is C34H30FeN4O4+2. The van der Waals surface area contributed by atoms with Crippen LogP contribution in [0.4, 0.5) is 5.69 Å². The van der Waals surface area contributed by atoms with Gasteiger partial charge in [-0.2, -0.15) is 0 Å². The average molecular weight is 614 g/mol. The maximum Gasteiger partial charge on any atom is 2.00 e. The van der Waals surface area contributed by atoms with Gasteiger partial charge in [0.15, 0.2) is 5.78 Å². The number of aromatic nitrogens is 3. The Balaban J connectivity index is 0.000000641. The minimum Gasteiger partial charge on any atom is -0.487 e. The molecule has 0 atom stereocenters. The van der Waals surface area contributed by atoms with Crippen LogP contribution in [0.2, 0.25) is 0 Å². The van der Waals surface area contributed by atoms with Crippen molar-refractivity contribution in [3.05, 3.63) is 147 Å². The van der Waals surface area contributed by atoms with Crippen LogP contribution in [0.5, 0.6) is 5.75 Å². The van der Waals surface area contributed by atoms with Gasteiger partial charge in [-0.05, 0) is 114 Å². The number of hydrogen-bond donors (Lipinski definition) is 0. The number of amides is 1. The van der Waals surface area contributed by atoms with Crippen LogP contribution in [0.15, 0.2) is 60.8 Å². The van der Waals surface area contributed by atoms with Crippen molar-refractivity contribution in [3.63, 3.8) is 0 Å². The zero-order valence-corrected chi connectivity index (χ0v) is 24.7. The second kappa shape index (κ2) is 15.8. The van der Waals surface area contributed by atoms with E-state index in [1.165, 1.54) is 4.90 Å². The van der Waals surface area contributed by atoms with E-state index in [2.05, 4.69) is 10.3 Å². The first-order valence-corrected chi connectivity index (χ1v) is 13.7. The standard InChI is InChI=1S/C29H25N4O4.C5H5.Fe/c1-20-7-13-26-25(17-20)28(35)29(36)33(26)16-4-15-32-18-23(30-31-32)19-37-24-11-9-22(10-12-24)27(34)14-8-21-5-2-3-6-21;1-2-4-5-3-1;/h2-3,5-14,17-18H,4,15-16,19H2,1H3;1-5H;/q;;+2/b14-8+;;. The fraction of sp³-hybridized carbons (Fsp3) is 0.147. The summed E-state index contributed by atoms with van der Waals surface area (Å²) in [4.78, 5) is 38.5. The van der Waals surface area contributed by atoms with Crippen LogP contribution in [0, 0.1) is 70.6 Å². The van der Waals surface area contributed by atoms with Crippen molar-refractivity contribution < 1.29 is 36.2 Å². The summed E-state index contributed by atoms with van der Waals surface area (Å²) in [6.07, 6.45) is 23.5. The normalized spacial score (nSPS) is 16.3. The topological polar surface area (TPSA) is 94.4 Å². The molecule has 0 unspecified atom stereocenters. The largest absolute Gasteiger partial charge is 2.00 e. The van der Waals surface area contributed by atoms with Gasteiger partial charge >= 0.3 is 17.1 Å². The van der Waals surface area contributed by atoms with E-state index in [9.17, 15) is 14.4 Å². The number of fused-ring (bicyclic) bond motifs is 1. The number of ether oxygens (including phenoxy) is 1. The summed E-state index contributed by atoms with van der Waals surface area (Å²) in [6.45, 7) is 3.09. The van der Waals surface area contributed by atoms with Gasteiger partial charge in [-0.15, -0.1) is 5.10 Å². The number of aryl methyl sites for hydroxylation is 2. The van der Waals surface area contributed by atoms with Gasteiger partial charge in [-0.1, -0.05) is 22.9 Å². The molecule has 9 heteroatoms. The molecule has 8 nitrogen and oxygen atoms in total. The van der Waals surface area contributed by atoms with E-state index in [4.69, 9.17) is 4.74 Å². The third kappa shape index (κ3) is 8.74. The van der Waals surface area contributed by atoms with Gasteiger partial charge in [-0.25, -0.2) is 0 Å². The van der Waals surface area contributed by atoms with Crippen molar-refractivity contribution in [2.24, 2.45) is 0 Å². The van der Waals surface area contributed by atoms with Crippen molar-refractivity contribution in [3.8, 4) is 5.75 Å². The molecule has 216 valence electrons. The summed E-state index contributed by atoms with van der Waals surface area (Å²) < 4.78 is 7.48. The Morgan fingerprint density at radius 1 is 0.907 bits per heavy atom. The number of carbonyl (C=O) groups is 3. The first-order chi connectivity index (χ1) is 20.5. The Kier molecular flexibility index (Phi) is 11.9. The second-order valence-electron chi connectivity index (χ2n) is 9.82. The minimum absolute atomic E-state index is 0. The molecule has 2 heterocycles. The van der Waals surface area contributed by atoms with Crippen LogP contribution in [0.25, 0.3) is 0 Å². The molecule has 10 radical (unpaired) electrons. The Labute approximate surface area is 264 Å². The third-order valence-electron chi connectivity index (χ3n) is 6.68. The molecule has 2 aromatic carbocycles. The quantitative estimate of drug-likeness (QED) is 0.139.